The first kappa shape index (κ1) is 16.7. The first-order chi connectivity index (χ1) is 11.7. The molecule has 0 aliphatic carbocycles. The number of imidazole rings is 1. The Labute approximate surface area is 142 Å². The van der Waals surface area contributed by atoms with E-state index in [9.17, 15) is 4.79 Å². The predicted octanol–water partition coefficient (Wildman–Crippen LogP) is 1.12. The van der Waals surface area contributed by atoms with Crippen molar-refractivity contribution in [1.29, 1.82) is 0 Å². The van der Waals surface area contributed by atoms with Gasteiger partial charge in [-0.2, -0.15) is 0 Å². The molecule has 2 aromatic rings. The van der Waals surface area contributed by atoms with E-state index in [0.717, 1.165) is 18.8 Å². The molecule has 1 amide bonds. The molecule has 2 atom stereocenters. The number of morpholine rings is 1. The average molecular weight is 328 g/mol. The van der Waals surface area contributed by atoms with Gasteiger partial charge in [-0.05, 0) is 18.9 Å². The van der Waals surface area contributed by atoms with Gasteiger partial charge in [0.25, 0.3) is 0 Å². The zero-order chi connectivity index (χ0) is 16.8. The van der Waals surface area contributed by atoms with Crippen LogP contribution in [-0.2, 0) is 29.0 Å². The summed E-state index contributed by atoms with van der Waals surface area (Å²) in [6.07, 6.45) is 4.55. The van der Waals surface area contributed by atoms with Gasteiger partial charge in [-0.3, -0.25) is 4.79 Å². The van der Waals surface area contributed by atoms with Crippen LogP contribution in [0.4, 0.5) is 0 Å². The molecule has 1 aromatic heterocycles. The monoisotopic (exact) mass is 328 g/mol. The molecular formula is C18H24N4O2. The topological polar surface area (TPSA) is 68.2 Å². The molecule has 0 spiro atoms. The minimum absolute atomic E-state index is 0.0418. The number of hydrogen-bond acceptors (Lipinski definition) is 4. The minimum atomic E-state index is -0.300. The number of carbonyl (C=O) groups excluding carboxylic acids is 1. The van der Waals surface area contributed by atoms with E-state index in [2.05, 4.69) is 32.3 Å². The number of aromatic nitrogens is 2. The van der Waals surface area contributed by atoms with Crippen molar-refractivity contribution in [3.63, 3.8) is 0 Å². The SMILES string of the molecule is C[C@H]1OCCN[C@@H]1C(=O)NCc1nccn1CCc1ccccc1. The van der Waals surface area contributed by atoms with Crippen molar-refractivity contribution in [2.75, 3.05) is 13.2 Å². The molecule has 24 heavy (non-hydrogen) atoms. The first-order valence-corrected chi connectivity index (χ1v) is 8.40. The van der Waals surface area contributed by atoms with Crippen molar-refractivity contribution in [2.24, 2.45) is 0 Å². The molecule has 1 aliphatic rings. The van der Waals surface area contributed by atoms with Gasteiger partial charge >= 0.3 is 0 Å². The van der Waals surface area contributed by atoms with Gasteiger partial charge in [0.05, 0.1) is 19.3 Å². The standard InChI is InChI=1S/C18H24N4O2/c1-14-17(20-9-12-24-14)18(23)21-13-16-19-8-11-22(16)10-7-15-5-3-2-4-6-15/h2-6,8,11,14,17,20H,7,9-10,12-13H2,1H3,(H,21,23)/t14-,17+/m1/s1. The van der Waals surface area contributed by atoms with Crippen molar-refractivity contribution in [3.8, 4) is 0 Å². The van der Waals surface area contributed by atoms with Crippen molar-refractivity contribution >= 4 is 5.91 Å². The van der Waals surface area contributed by atoms with Crippen LogP contribution in [0.25, 0.3) is 0 Å². The number of ether oxygens (including phenoxy) is 1. The lowest BCUT2D eigenvalue weighted by molar-refractivity contribution is -0.129. The zero-order valence-electron chi connectivity index (χ0n) is 13.9. The van der Waals surface area contributed by atoms with Crippen LogP contribution in [0.2, 0.25) is 0 Å². The third-order valence-corrected chi connectivity index (χ3v) is 4.31. The molecule has 0 unspecified atom stereocenters. The van der Waals surface area contributed by atoms with Gasteiger partial charge in [-0.15, -0.1) is 0 Å². The van der Waals surface area contributed by atoms with E-state index >= 15 is 0 Å². The highest BCUT2D eigenvalue weighted by Gasteiger charge is 2.28. The molecule has 6 heteroatoms. The third kappa shape index (κ3) is 4.21. The zero-order valence-corrected chi connectivity index (χ0v) is 13.9. The molecule has 2 heterocycles. The lowest BCUT2D eigenvalue weighted by Crippen LogP contribution is -2.55. The van der Waals surface area contributed by atoms with Crippen LogP contribution in [0, 0.1) is 0 Å². The molecular weight excluding hydrogens is 304 g/mol. The van der Waals surface area contributed by atoms with Crippen LogP contribution in [-0.4, -0.2) is 40.8 Å². The summed E-state index contributed by atoms with van der Waals surface area (Å²) in [4.78, 5) is 16.7. The number of hydrogen-bond donors (Lipinski definition) is 2. The maximum atomic E-state index is 12.3. The highest BCUT2D eigenvalue weighted by atomic mass is 16.5. The fourth-order valence-corrected chi connectivity index (χ4v) is 2.91. The molecule has 6 nitrogen and oxygen atoms in total. The van der Waals surface area contributed by atoms with Gasteiger partial charge in [0.15, 0.2) is 0 Å². The van der Waals surface area contributed by atoms with Crippen molar-refractivity contribution in [3.05, 3.63) is 54.1 Å². The van der Waals surface area contributed by atoms with Gasteiger partial charge in [-0.25, -0.2) is 4.98 Å². The second-order valence-corrected chi connectivity index (χ2v) is 6.00. The molecule has 0 bridgehead atoms. The van der Waals surface area contributed by atoms with Gasteiger partial charge in [0, 0.05) is 25.5 Å². The first-order valence-electron chi connectivity index (χ1n) is 8.40. The van der Waals surface area contributed by atoms with E-state index in [-0.39, 0.29) is 18.1 Å². The fraction of sp³-hybridized carbons (Fsp3) is 0.444. The fourth-order valence-electron chi connectivity index (χ4n) is 2.91. The average Bonchev–Trinajstić information content (AvgIpc) is 3.06. The van der Waals surface area contributed by atoms with E-state index in [1.807, 2.05) is 31.3 Å². The van der Waals surface area contributed by atoms with Crippen molar-refractivity contribution < 1.29 is 9.53 Å². The molecule has 3 rings (SSSR count). The number of benzene rings is 1. The van der Waals surface area contributed by atoms with Crippen LogP contribution in [0.5, 0.6) is 0 Å². The number of amides is 1. The summed E-state index contributed by atoms with van der Waals surface area (Å²) in [5.74, 6) is 0.823. The smallest absolute Gasteiger partial charge is 0.240 e. The molecule has 1 aromatic carbocycles. The highest BCUT2D eigenvalue weighted by Crippen LogP contribution is 2.06. The molecule has 0 saturated carbocycles. The van der Waals surface area contributed by atoms with Gasteiger partial charge in [0.2, 0.25) is 5.91 Å². The van der Waals surface area contributed by atoms with Crippen molar-refractivity contribution in [1.82, 2.24) is 20.2 Å². The normalized spacial score (nSPS) is 20.7. The second kappa shape index (κ2) is 8.08. The highest BCUT2D eigenvalue weighted by molar-refractivity contribution is 5.82. The Morgan fingerprint density at radius 2 is 2.25 bits per heavy atom. The molecule has 0 radical (unpaired) electrons. The third-order valence-electron chi connectivity index (χ3n) is 4.31. The van der Waals surface area contributed by atoms with Crippen LogP contribution in [0.3, 0.4) is 0 Å². The van der Waals surface area contributed by atoms with E-state index in [0.29, 0.717) is 19.7 Å². The Kier molecular flexibility index (Phi) is 5.61. The van der Waals surface area contributed by atoms with Crippen LogP contribution >= 0.6 is 0 Å². The summed E-state index contributed by atoms with van der Waals surface area (Å²) >= 11 is 0. The van der Waals surface area contributed by atoms with Crippen LogP contribution < -0.4 is 10.6 Å². The van der Waals surface area contributed by atoms with Crippen LogP contribution in [0.1, 0.15) is 18.3 Å². The summed E-state index contributed by atoms with van der Waals surface area (Å²) < 4.78 is 7.60. The Hall–Kier alpha value is -2.18. The minimum Gasteiger partial charge on any atom is -0.375 e. The lowest BCUT2D eigenvalue weighted by atomic mass is 10.1. The van der Waals surface area contributed by atoms with E-state index in [1.54, 1.807) is 6.20 Å². The number of carbonyl (C=O) groups is 1. The Morgan fingerprint density at radius 1 is 1.42 bits per heavy atom. The molecule has 1 saturated heterocycles. The molecule has 1 fully saturated rings. The Morgan fingerprint density at radius 3 is 3.04 bits per heavy atom. The summed E-state index contributed by atoms with van der Waals surface area (Å²) in [5, 5.41) is 6.15. The molecule has 2 N–H and O–H groups in total. The van der Waals surface area contributed by atoms with Gasteiger partial charge in [-0.1, -0.05) is 30.3 Å². The number of nitrogens with one attached hydrogen (secondary N) is 2. The van der Waals surface area contributed by atoms with Crippen molar-refractivity contribution in [2.45, 2.75) is 38.6 Å². The number of rotatable bonds is 6. The maximum absolute atomic E-state index is 12.3. The number of aryl methyl sites for hydroxylation is 2. The Balaban J connectivity index is 1.52. The van der Waals surface area contributed by atoms with Gasteiger partial charge in [0.1, 0.15) is 11.9 Å². The summed E-state index contributed by atoms with van der Waals surface area (Å²) in [6.45, 7) is 4.53. The van der Waals surface area contributed by atoms with E-state index < -0.39 is 0 Å². The van der Waals surface area contributed by atoms with Crippen LogP contribution in [0.15, 0.2) is 42.7 Å². The Bertz CT molecular complexity index is 656. The number of nitrogens with zero attached hydrogens (tertiary/aromatic N) is 2. The second-order valence-electron chi connectivity index (χ2n) is 6.00. The maximum Gasteiger partial charge on any atom is 0.240 e. The van der Waals surface area contributed by atoms with Gasteiger partial charge < -0.3 is 19.9 Å². The summed E-state index contributed by atoms with van der Waals surface area (Å²) in [6, 6.07) is 10.1. The quantitative estimate of drug-likeness (QED) is 0.834. The summed E-state index contributed by atoms with van der Waals surface area (Å²) in [7, 11) is 0. The van der Waals surface area contributed by atoms with E-state index in [1.165, 1.54) is 5.56 Å². The molecule has 128 valence electrons. The molecule has 1 aliphatic heterocycles. The van der Waals surface area contributed by atoms with E-state index in [4.69, 9.17) is 4.74 Å². The lowest BCUT2D eigenvalue weighted by Gasteiger charge is -2.29. The summed E-state index contributed by atoms with van der Waals surface area (Å²) in [5.41, 5.74) is 1.29. The predicted molar refractivity (Wildman–Crippen MR) is 91.4 cm³/mol. The largest absolute Gasteiger partial charge is 0.375 e.